The fraction of sp³-hybridized carbons (Fsp3) is 0.333. The van der Waals surface area contributed by atoms with Gasteiger partial charge in [0.2, 0.25) is 0 Å². The van der Waals surface area contributed by atoms with E-state index in [4.69, 9.17) is 0 Å². The number of fused-ring (bicyclic) bond motifs is 1. The SMILES string of the molecule is CN(Cc1ccc(N2CCCCC2)cc1)C(=O)c1ccc2[nH]c(=O)[nH]c2c1. The van der Waals surface area contributed by atoms with Crippen molar-refractivity contribution in [2.24, 2.45) is 0 Å². The number of imidazole rings is 1. The second-order valence-corrected chi connectivity index (χ2v) is 7.21. The number of piperidine rings is 1. The van der Waals surface area contributed by atoms with Crippen molar-refractivity contribution in [1.29, 1.82) is 0 Å². The van der Waals surface area contributed by atoms with Gasteiger partial charge in [-0.2, -0.15) is 0 Å². The van der Waals surface area contributed by atoms with E-state index in [1.807, 2.05) is 0 Å². The first-order chi connectivity index (χ1) is 13.1. The molecule has 1 saturated heterocycles. The van der Waals surface area contributed by atoms with Gasteiger partial charge < -0.3 is 19.8 Å². The first-order valence-electron chi connectivity index (χ1n) is 9.41. The van der Waals surface area contributed by atoms with Crippen LogP contribution < -0.4 is 10.6 Å². The zero-order chi connectivity index (χ0) is 18.8. The van der Waals surface area contributed by atoms with E-state index < -0.39 is 0 Å². The third-order valence-electron chi connectivity index (χ3n) is 5.19. The number of aromatic nitrogens is 2. The Bertz CT molecular complexity index is 997. The smallest absolute Gasteiger partial charge is 0.323 e. The fourth-order valence-electron chi connectivity index (χ4n) is 3.70. The molecule has 6 heteroatoms. The van der Waals surface area contributed by atoms with E-state index in [1.54, 1.807) is 30.1 Å². The first kappa shape index (κ1) is 17.4. The van der Waals surface area contributed by atoms with Crippen LogP contribution in [0, 0.1) is 0 Å². The van der Waals surface area contributed by atoms with Gasteiger partial charge in [-0.3, -0.25) is 4.79 Å². The van der Waals surface area contributed by atoms with Crippen LogP contribution in [0.3, 0.4) is 0 Å². The molecular weight excluding hydrogens is 340 g/mol. The number of anilines is 1. The number of hydrogen-bond donors (Lipinski definition) is 2. The number of hydrogen-bond acceptors (Lipinski definition) is 3. The van der Waals surface area contributed by atoms with Gasteiger partial charge in [0, 0.05) is 37.9 Å². The summed E-state index contributed by atoms with van der Waals surface area (Å²) < 4.78 is 0. The van der Waals surface area contributed by atoms with Gasteiger partial charge in [0.05, 0.1) is 11.0 Å². The summed E-state index contributed by atoms with van der Waals surface area (Å²) in [4.78, 5) is 33.6. The highest BCUT2D eigenvalue weighted by Crippen LogP contribution is 2.21. The summed E-state index contributed by atoms with van der Waals surface area (Å²) in [5.74, 6) is -0.0703. The number of rotatable bonds is 4. The predicted octanol–water partition coefficient (Wildman–Crippen LogP) is 3.12. The summed E-state index contributed by atoms with van der Waals surface area (Å²) in [5, 5.41) is 0. The zero-order valence-electron chi connectivity index (χ0n) is 15.5. The van der Waals surface area contributed by atoms with E-state index in [2.05, 4.69) is 39.1 Å². The third kappa shape index (κ3) is 3.74. The zero-order valence-corrected chi connectivity index (χ0v) is 15.5. The lowest BCUT2D eigenvalue weighted by Gasteiger charge is -2.29. The molecule has 2 heterocycles. The van der Waals surface area contributed by atoms with Crippen LogP contribution in [0.4, 0.5) is 5.69 Å². The molecule has 0 spiro atoms. The minimum Gasteiger partial charge on any atom is -0.372 e. The molecule has 0 aliphatic carbocycles. The van der Waals surface area contributed by atoms with Crippen LogP contribution in [0.2, 0.25) is 0 Å². The molecule has 6 nitrogen and oxygen atoms in total. The molecule has 0 saturated carbocycles. The minimum absolute atomic E-state index is 0.0703. The molecular formula is C21H24N4O2. The van der Waals surface area contributed by atoms with Gasteiger partial charge in [0.25, 0.3) is 5.91 Å². The largest absolute Gasteiger partial charge is 0.372 e. The lowest BCUT2D eigenvalue weighted by Crippen LogP contribution is -2.29. The number of carbonyl (C=O) groups is 1. The summed E-state index contributed by atoms with van der Waals surface area (Å²) >= 11 is 0. The molecule has 2 aromatic carbocycles. The maximum Gasteiger partial charge on any atom is 0.323 e. The maximum absolute atomic E-state index is 12.7. The van der Waals surface area contributed by atoms with Crippen LogP contribution >= 0.6 is 0 Å². The molecule has 4 rings (SSSR count). The summed E-state index contributed by atoms with van der Waals surface area (Å²) in [6.07, 6.45) is 3.84. The van der Waals surface area contributed by atoms with E-state index in [0.717, 1.165) is 18.7 Å². The molecule has 27 heavy (non-hydrogen) atoms. The van der Waals surface area contributed by atoms with E-state index in [-0.39, 0.29) is 11.6 Å². The van der Waals surface area contributed by atoms with Gasteiger partial charge in [-0.05, 0) is 55.2 Å². The maximum atomic E-state index is 12.7. The quantitative estimate of drug-likeness (QED) is 0.747. The Morgan fingerprint density at radius 2 is 1.70 bits per heavy atom. The Morgan fingerprint density at radius 1 is 1.00 bits per heavy atom. The molecule has 1 amide bonds. The van der Waals surface area contributed by atoms with Crippen molar-refractivity contribution < 1.29 is 4.79 Å². The molecule has 0 radical (unpaired) electrons. The highest BCUT2D eigenvalue weighted by Gasteiger charge is 2.14. The molecule has 0 unspecified atom stereocenters. The lowest BCUT2D eigenvalue weighted by molar-refractivity contribution is 0.0785. The van der Waals surface area contributed by atoms with Crippen LogP contribution in [0.15, 0.2) is 47.3 Å². The number of H-pyrrole nitrogens is 2. The second-order valence-electron chi connectivity index (χ2n) is 7.21. The van der Waals surface area contributed by atoms with Gasteiger partial charge in [0.15, 0.2) is 0 Å². The summed E-state index contributed by atoms with van der Waals surface area (Å²) in [5.41, 5.74) is 4.00. The Morgan fingerprint density at radius 3 is 2.44 bits per heavy atom. The van der Waals surface area contributed by atoms with Crippen LogP contribution in [-0.2, 0) is 6.54 Å². The Balaban J connectivity index is 1.44. The number of benzene rings is 2. The molecule has 0 atom stereocenters. The van der Waals surface area contributed by atoms with Crippen molar-refractivity contribution >= 4 is 22.6 Å². The van der Waals surface area contributed by atoms with Crippen molar-refractivity contribution in [1.82, 2.24) is 14.9 Å². The highest BCUT2D eigenvalue weighted by atomic mass is 16.2. The Labute approximate surface area is 157 Å². The van der Waals surface area contributed by atoms with Gasteiger partial charge in [-0.1, -0.05) is 12.1 Å². The van der Waals surface area contributed by atoms with Gasteiger partial charge in [-0.25, -0.2) is 4.79 Å². The number of carbonyl (C=O) groups excluding carboxylic acids is 1. The monoisotopic (exact) mass is 364 g/mol. The van der Waals surface area contributed by atoms with Crippen molar-refractivity contribution in [2.75, 3.05) is 25.0 Å². The van der Waals surface area contributed by atoms with E-state index in [0.29, 0.717) is 23.1 Å². The van der Waals surface area contributed by atoms with E-state index in [9.17, 15) is 9.59 Å². The summed E-state index contributed by atoms with van der Waals surface area (Å²) in [6, 6.07) is 13.7. The molecule has 1 aliphatic rings. The van der Waals surface area contributed by atoms with Crippen LogP contribution in [0.1, 0.15) is 35.2 Å². The molecule has 1 fully saturated rings. The van der Waals surface area contributed by atoms with Crippen molar-refractivity contribution in [3.8, 4) is 0 Å². The molecule has 1 aromatic heterocycles. The molecule has 0 bridgehead atoms. The molecule has 2 N–H and O–H groups in total. The van der Waals surface area contributed by atoms with Crippen LogP contribution in [0.5, 0.6) is 0 Å². The lowest BCUT2D eigenvalue weighted by atomic mass is 10.1. The Kier molecular flexibility index (Phi) is 4.71. The fourth-order valence-corrected chi connectivity index (χ4v) is 3.70. The van der Waals surface area contributed by atoms with Crippen LogP contribution in [-0.4, -0.2) is 40.9 Å². The van der Waals surface area contributed by atoms with Crippen molar-refractivity contribution in [3.63, 3.8) is 0 Å². The standard InChI is InChI=1S/C21H24N4O2/c1-24(20(26)16-7-10-18-19(13-16)23-21(27)22-18)14-15-5-8-17(9-6-15)25-11-3-2-4-12-25/h5-10,13H,2-4,11-12,14H2,1H3,(H2,22,23,27). The molecule has 3 aromatic rings. The average Bonchev–Trinajstić information content (AvgIpc) is 3.07. The van der Waals surface area contributed by atoms with Crippen LogP contribution in [0.25, 0.3) is 11.0 Å². The second kappa shape index (κ2) is 7.31. The number of nitrogens with one attached hydrogen (secondary N) is 2. The van der Waals surface area contributed by atoms with E-state index >= 15 is 0 Å². The van der Waals surface area contributed by atoms with Crippen molar-refractivity contribution in [2.45, 2.75) is 25.8 Å². The average molecular weight is 364 g/mol. The number of amides is 1. The highest BCUT2D eigenvalue weighted by molar-refractivity contribution is 5.97. The Hall–Kier alpha value is -3.02. The number of aromatic amines is 2. The first-order valence-corrected chi connectivity index (χ1v) is 9.41. The predicted molar refractivity (Wildman–Crippen MR) is 107 cm³/mol. The summed E-state index contributed by atoms with van der Waals surface area (Å²) in [6.45, 7) is 2.80. The van der Waals surface area contributed by atoms with Gasteiger partial charge in [0.1, 0.15) is 0 Å². The van der Waals surface area contributed by atoms with E-state index in [1.165, 1.54) is 24.9 Å². The minimum atomic E-state index is -0.267. The third-order valence-corrected chi connectivity index (χ3v) is 5.19. The molecule has 140 valence electrons. The number of nitrogens with zero attached hydrogens (tertiary/aromatic N) is 2. The van der Waals surface area contributed by atoms with Crippen molar-refractivity contribution in [3.05, 3.63) is 64.1 Å². The van der Waals surface area contributed by atoms with Gasteiger partial charge >= 0.3 is 5.69 Å². The topological polar surface area (TPSA) is 72.2 Å². The summed E-state index contributed by atoms with van der Waals surface area (Å²) in [7, 11) is 1.80. The molecule has 1 aliphatic heterocycles. The normalized spacial score (nSPS) is 14.5. The van der Waals surface area contributed by atoms with Gasteiger partial charge in [-0.15, -0.1) is 0 Å².